The average molecular weight is 279 g/mol. The molecule has 2 rings (SSSR count). The summed E-state index contributed by atoms with van der Waals surface area (Å²) >= 11 is 0. The van der Waals surface area contributed by atoms with E-state index in [1.165, 1.54) is 7.11 Å². The van der Waals surface area contributed by atoms with E-state index in [2.05, 4.69) is 10.7 Å². The highest BCUT2D eigenvalue weighted by Crippen LogP contribution is 2.32. The monoisotopic (exact) mass is 279 g/mol. The van der Waals surface area contributed by atoms with Crippen molar-refractivity contribution in [1.29, 1.82) is 0 Å². The number of carboxylic acids is 1. The van der Waals surface area contributed by atoms with E-state index < -0.39 is 5.97 Å². The summed E-state index contributed by atoms with van der Waals surface area (Å²) < 4.78 is 12.1. The van der Waals surface area contributed by atoms with Crippen LogP contribution in [-0.4, -0.2) is 36.3 Å². The van der Waals surface area contributed by atoms with Crippen LogP contribution in [0.3, 0.4) is 0 Å². The molecule has 2 aromatic rings. The Kier molecular flexibility index (Phi) is 4.09. The highest BCUT2D eigenvalue weighted by atomic mass is 16.5. The van der Waals surface area contributed by atoms with E-state index in [4.69, 9.17) is 9.47 Å². The zero-order valence-electron chi connectivity index (χ0n) is 11.5. The first kappa shape index (κ1) is 14.1. The average Bonchev–Trinajstić information content (AvgIpc) is 2.74. The first-order valence-corrected chi connectivity index (χ1v) is 6.21. The standard InChI is InChI=1S/C13H17N3O4/c1-19-10-5-8-9(6-11(10)20-2)16(7-13(17)18)12(15-8)3-4-14/h5-6H,3-4,7,14H2,1-2H3,(H,17,18). The number of quaternary nitrogens is 1. The van der Waals surface area contributed by atoms with Gasteiger partial charge in [-0.05, 0) is 0 Å². The number of carbonyl (C=O) groups excluding carboxylic acids is 1. The van der Waals surface area contributed by atoms with Gasteiger partial charge in [-0.1, -0.05) is 0 Å². The Balaban J connectivity index is 2.64. The number of methoxy groups -OCH3 is 2. The molecule has 1 aromatic carbocycles. The van der Waals surface area contributed by atoms with E-state index in [1.54, 1.807) is 23.8 Å². The van der Waals surface area contributed by atoms with Crippen molar-refractivity contribution in [3.63, 3.8) is 0 Å². The number of carbonyl (C=O) groups is 1. The molecular formula is C13H17N3O4. The zero-order chi connectivity index (χ0) is 14.7. The van der Waals surface area contributed by atoms with Crippen LogP contribution in [-0.2, 0) is 17.8 Å². The maximum Gasteiger partial charge on any atom is 0.163 e. The Morgan fingerprint density at radius 1 is 1.35 bits per heavy atom. The van der Waals surface area contributed by atoms with Gasteiger partial charge >= 0.3 is 0 Å². The number of aromatic nitrogens is 2. The van der Waals surface area contributed by atoms with E-state index in [9.17, 15) is 9.90 Å². The van der Waals surface area contributed by atoms with Gasteiger partial charge in [0.05, 0.1) is 50.7 Å². The fourth-order valence-corrected chi connectivity index (χ4v) is 2.16. The lowest BCUT2D eigenvalue weighted by Gasteiger charge is -2.11. The second-order valence-electron chi connectivity index (χ2n) is 4.29. The molecule has 1 aromatic heterocycles. The Hall–Kier alpha value is -2.28. The van der Waals surface area contributed by atoms with Gasteiger partial charge in [0.25, 0.3) is 0 Å². The van der Waals surface area contributed by atoms with E-state index in [0.717, 1.165) is 0 Å². The predicted octanol–water partition coefficient (Wildman–Crippen LogP) is -1.41. The Bertz CT molecular complexity index is 636. The third kappa shape index (κ3) is 2.53. The van der Waals surface area contributed by atoms with Gasteiger partial charge in [0.15, 0.2) is 11.5 Å². The normalized spacial score (nSPS) is 10.8. The number of aliphatic carboxylic acids is 1. The molecule has 1 heterocycles. The summed E-state index contributed by atoms with van der Waals surface area (Å²) in [6.45, 7) is 0.381. The van der Waals surface area contributed by atoms with Crippen LogP contribution in [0, 0.1) is 0 Å². The van der Waals surface area contributed by atoms with E-state index in [0.29, 0.717) is 41.3 Å². The summed E-state index contributed by atoms with van der Waals surface area (Å²) in [7, 11) is 3.07. The second kappa shape index (κ2) is 5.79. The molecular weight excluding hydrogens is 262 g/mol. The summed E-state index contributed by atoms with van der Waals surface area (Å²) in [5, 5.41) is 10.9. The number of fused-ring (bicyclic) bond motifs is 1. The molecule has 7 nitrogen and oxygen atoms in total. The summed E-state index contributed by atoms with van der Waals surface area (Å²) in [5.74, 6) is 0.582. The zero-order valence-corrected chi connectivity index (χ0v) is 11.5. The number of nitrogens with zero attached hydrogens (tertiary/aromatic N) is 2. The minimum Gasteiger partial charge on any atom is -0.548 e. The van der Waals surface area contributed by atoms with Crippen molar-refractivity contribution in [2.45, 2.75) is 13.0 Å². The van der Waals surface area contributed by atoms with Crippen molar-refractivity contribution in [3.8, 4) is 11.5 Å². The van der Waals surface area contributed by atoms with Crippen molar-refractivity contribution in [1.82, 2.24) is 9.55 Å². The molecule has 0 atom stereocenters. The minimum absolute atomic E-state index is 0.249. The van der Waals surface area contributed by atoms with Crippen LogP contribution in [0.2, 0.25) is 0 Å². The summed E-state index contributed by atoms with van der Waals surface area (Å²) in [6.07, 6.45) is 0.590. The third-order valence-corrected chi connectivity index (χ3v) is 3.02. The lowest BCUT2D eigenvalue weighted by molar-refractivity contribution is -0.366. The third-order valence-electron chi connectivity index (χ3n) is 3.02. The molecule has 0 saturated carbocycles. The number of rotatable bonds is 6. The van der Waals surface area contributed by atoms with Gasteiger partial charge in [-0.3, -0.25) is 0 Å². The van der Waals surface area contributed by atoms with Gasteiger partial charge in [-0.15, -0.1) is 0 Å². The lowest BCUT2D eigenvalue weighted by Crippen LogP contribution is -2.51. The molecule has 0 bridgehead atoms. The molecule has 0 spiro atoms. The molecule has 7 heteroatoms. The van der Waals surface area contributed by atoms with Crippen molar-refractivity contribution in [3.05, 3.63) is 18.0 Å². The molecule has 0 aliphatic carbocycles. The maximum atomic E-state index is 10.9. The predicted molar refractivity (Wildman–Crippen MR) is 69.3 cm³/mol. The van der Waals surface area contributed by atoms with E-state index in [-0.39, 0.29) is 6.54 Å². The second-order valence-corrected chi connectivity index (χ2v) is 4.29. The van der Waals surface area contributed by atoms with Crippen molar-refractivity contribution in [2.24, 2.45) is 0 Å². The molecule has 0 radical (unpaired) electrons. The lowest BCUT2D eigenvalue weighted by atomic mass is 10.2. The van der Waals surface area contributed by atoms with Gasteiger partial charge in [0.1, 0.15) is 5.82 Å². The number of carboxylic acid groups (broad SMARTS) is 1. The van der Waals surface area contributed by atoms with Gasteiger partial charge in [0, 0.05) is 12.1 Å². The van der Waals surface area contributed by atoms with Crippen LogP contribution in [0.4, 0.5) is 0 Å². The van der Waals surface area contributed by atoms with E-state index in [1.807, 2.05) is 0 Å². The number of ether oxygens (including phenoxy) is 2. The van der Waals surface area contributed by atoms with Crippen LogP contribution >= 0.6 is 0 Å². The molecule has 0 saturated heterocycles. The van der Waals surface area contributed by atoms with E-state index >= 15 is 0 Å². The summed E-state index contributed by atoms with van der Waals surface area (Å²) in [5.41, 5.74) is 5.11. The first-order chi connectivity index (χ1) is 9.60. The Morgan fingerprint density at radius 3 is 2.55 bits per heavy atom. The molecule has 0 aliphatic rings. The highest BCUT2D eigenvalue weighted by Gasteiger charge is 2.15. The van der Waals surface area contributed by atoms with Crippen LogP contribution in [0.15, 0.2) is 12.1 Å². The van der Waals surface area contributed by atoms with Crippen LogP contribution in [0.1, 0.15) is 5.82 Å². The topological polar surface area (TPSA) is 104 Å². The number of hydrogen-bond acceptors (Lipinski definition) is 5. The molecule has 0 unspecified atom stereocenters. The van der Waals surface area contributed by atoms with Crippen LogP contribution < -0.4 is 20.3 Å². The highest BCUT2D eigenvalue weighted by molar-refractivity contribution is 5.82. The first-order valence-electron chi connectivity index (χ1n) is 6.21. The number of imidazole rings is 1. The van der Waals surface area contributed by atoms with Crippen LogP contribution in [0.25, 0.3) is 11.0 Å². The molecule has 0 fully saturated rings. The molecule has 0 amide bonds. The Morgan fingerprint density at radius 2 is 2.00 bits per heavy atom. The molecule has 20 heavy (non-hydrogen) atoms. The van der Waals surface area contributed by atoms with Crippen molar-refractivity contribution < 1.29 is 25.1 Å². The number of hydrogen-bond donors (Lipinski definition) is 1. The van der Waals surface area contributed by atoms with Gasteiger partial charge < -0.3 is 29.7 Å². The summed E-state index contributed by atoms with van der Waals surface area (Å²) in [4.78, 5) is 15.3. The van der Waals surface area contributed by atoms with Gasteiger partial charge in [-0.25, -0.2) is 4.98 Å². The summed E-state index contributed by atoms with van der Waals surface area (Å²) in [6, 6.07) is 3.45. The largest absolute Gasteiger partial charge is 0.548 e. The van der Waals surface area contributed by atoms with Crippen molar-refractivity contribution >= 4 is 17.0 Å². The SMILES string of the molecule is COc1cc2nc(CC[NH3+])n(CC(=O)[O-])c2cc1OC. The smallest absolute Gasteiger partial charge is 0.163 e. The van der Waals surface area contributed by atoms with Gasteiger partial charge in [-0.2, -0.15) is 0 Å². The fourth-order valence-electron chi connectivity index (χ4n) is 2.16. The maximum absolute atomic E-state index is 10.9. The van der Waals surface area contributed by atoms with Crippen LogP contribution in [0.5, 0.6) is 11.5 Å². The van der Waals surface area contributed by atoms with Gasteiger partial charge in [0.2, 0.25) is 0 Å². The molecule has 3 N–H and O–H groups in total. The number of benzene rings is 1. The fraction of sp³-hybridized carbons (Fsp3) is 0.385. The minimum atomic E-state index is -1.16. The quantitative estimate of drug-likeness (QED) is 0.699. The molecule has 108 valence electrons. The Labute approximate surface area is 115 Å². The molecule has 0 aliphatic heterocycles. The van der Waals surface area contributed by atoms with Crippen molar-refractivity contribution in [2.75, 3.05) is 20.8 Å².